The van der Waals surface area contributed by atoms with Crippen molar-refractivity contribution in [2.24, 2.45) is 0 Å². The average Bonchev–Trinajstić information content (AvgIpc) is 3.24. The van der Waals surface area contributed by atoms with Gasteiger partial charge in [-0.3, -0.25) is 4.79 Å². The molecular formula is C19H18N8OS. The number of nitrogens with zero attached hydrogens (tertiary/aromatic N) is 7. The number of carbonyl (C=O) groups excluding carboxylic acids is 1. The highest BCUT2D eigenvalue weighted by Gasteiger charge is 2.20. The molecule has 1 amide bonds. The zero-order chi connectivity index (χ0) is 20.5. The van der Waals surface area contributed by atoms with Crippen molar-refractivity contribution in [3.8, 4) is 16.8 Å². The van der Waals surface area contributed by atoms with E-state index in [1.54, 1.807) is 31.5 Å². The molecule has 0 radical (unpaired) electrons. The van der Waals surface area contributed by atoms with E-state index in [4.69, 9.17) is 0 Å². The second kappa shape index (κ2) is 7.47. The van der Waals surface area contributed by atoms with Crippen LogP contribution in [-0.4, -0.2) is 40.6 Å². The molecule has 4 rings (SSSR count). The third-order valence-corrected chi connectivity index (χ3v) is 5.15. The minimum Gasteiger partial charge on any atom is -0.306 e. The number of anilines is 1. The van der Waals surface area contributed by atoms with Crippen LogP contribution in [0, 0.1) is 27.7 Å². The highest BCUT2D eigenvalue weighted by Crippen LogP contribution is 2.26. The van der Waals surface area contributed by atoms with Gasteiger partial charge in [0.1, 0.15) is 10.7 Å². The van der Waals surface area contributed by atoms with E-state index >= 15 is 0 Å². The van der Waals surface area contributed by atoms with Crippen molar-refractivity contribution in [3.05, 3.63) is 58.2 Å². The Morgan fingerprint density at radius 1 is 0.966 bits per heavy atom. The molecule has 0 saturated heterocycles. The maximum atomic E-state index is 12.9. The number of aromatic nitrogens is 7. The molecule has 0 bridgehead atoms. The molecular weight excluding hydrogens is 388 g/mol. The molecule has 0 aliphatic heterocycles. The molecule has 4 aromatic rings. The molecule has 0 fully saturated rings. The van der Waals surface area contributed by atoms with Gasteiger partial charge in [0.25, 0.3) is 11.9 Å². The lowest BCUT2D eigenvalue weighted by molar-refractivity contribution is 0.102. The quantitative estimate of drug-likeness (QED) is 0.554. The highest BCUT2D eigenvalue weighted by molar-refractivity contribution is 7.17. The summed E-state index contributed by atoms with van der Waals surface area (Å²) in [5.74, 6) is 1.10. The van der Waals surface area contributed by atoms with Gasteiger partial charge < -0.3 is 5.32 Å². The van der Waals surface area contributed by atoms with E-state index in [-0.39, 0.29) is 5.91 Å². The zero-order valence-corrected chi connectivity index (χ0v) is 17.2. The van der Waals surface area contributed by atoms with Crippen LogP contribution in [0.25, 0.3) is 16.8 Å². The normalized spacial score (nSPS) is 10.9. The van der Waals surface area contributed by atoms with E-state index in [0.717, 1.165) is 17.1 Å². The van der Waals surface area contributed by atoms with Crippen molar-refractivity contribution in [1.82, 2.24) is 34.7 Å². The van der Waals surface area contributed by atoms with Gasteiger partial charge in [-0.15, -0.1) is 11.3 Å². The van der Waals surface area contributed by atoms with Crippen LogP contribution in [0.5, 0.6) is 0 Å². The molecule has 0 aliphatic rings. The van der Waals surface area contributed by atoms with E-state index in [1.165, 1.54) is 16.0 Å². The van der Waals surface area contributed by atoms with Crippen LogP contribution in [0.1, 0.15) is 32.4 Å². The van der Waals surface area contributed by atoms with Crippen LogP contribution in [0.2, 0.25) is 0 Å². The third kappa shape index (κ3) is 3.87. The largest absolute Gasteiger partial charge is 0.306 e. The Morgan fingerprint density at radius 2 is 1.66 bits per heavy atom. The number of hydrogen-bond acceptors (Lipinski definition) is 8. The van der Waals surface area contributed by atoms with Gasteiger partial charge in [-0.25, -0.2) is 24.9 Å². The number of amides is 1. The Balaban J connectivity index is 1.66. The van der Waals surface area contributed by atoms with Crippen LogP contribution < -0.4 is 5.32 Å². The minimum atomic E-state index is -0.285. The summed E-state index contributed by atoms with van der Waals surface area (Å²) in [4.78, 5) is 35.1. The van der Waals surface area contributed by atoms with E-state index in [0.29, 0.717) is 33.2 Å². The first-order chi connectivity index (χ1) is 13.9. The Bertz CT molecular complexity index is 1180. The molecule has 0 spiro atoms. The van der Waals surface area contributed by atoms with Gasteiger partial charge in [-0.1, -0.05) is 0 Å². The Hall–Kier alpha value is -3.53. The number of carbonyl (C=O) groups is 1. The smallest absolute Gasteiger partial charge is 0.268 e. The summed E-state index contributed by atoms with van der Waals surface area (Å²) < 4.78 is 1.53. The molecule has 10 heteroatoms. The summed E-state index contributed by atoms with van der Waals surface area (Å²) >= 11 is 1.24. The molecule has 0 saturated carbocycles. The summed E-state index contributed by atoms with van der Waals surface area (Å²) in [6.45, 7) is 7.41. The van der Waals surface area contributed by atoms with Crippen molar-refractivity contribution < 1.29 is 4.79 Å². The maximum absolute atomic E-state index is 12.9. The molecule has 0 unspecified atom stereocenters. The lowest BCUT2D eigenvalue weighted by atomic mass is 10.3. The fourth-order valence-corrected chi connectivity index (χ4v) is 3.74. The molecule has 0 aromatic carbocycles. The van der Waals surface area contributed by atoms with Crippen LogP contribution >= 0.6 is 11.3 Å². The van der Waals surface area contributed by atoms with E-state index in [1.807, 2.05) is 26.8 Å². The van der Waals surface area contributed by atoms with Crippen molar-refractivity contribution in [1.29, 1.82) is 0 Å². The first kappa shape index (κ1) is 18.8. The van der Waals surface area contributed by atoms with Gasteiger partial charge in [-0.2, -0.15) is 9.78 Å². The molecule has 1 N–H and O–H groups in total. The summed E-state index contributed by atoms with van der Waals surface area (Å²) in [5, 5.41) is 7.92. The number of aryl methyl sites for hydroxylation is 4. The summed E-state index contributed by atoms with van der Waals surface area (Å²) in [5.41, 5.74) is 3.00. The van der Waals surface area contributed by atoms with Gasteiger partial charge in [-0.05, 0) is 39.8 Å². The standard InChI is InChI=1S/C19H18N8OS/c1-10-8-11(2)23-19(22-10)27-14(9-12(3)26-27)25-17(28)15-13(4)24-18(29-15)16-20-6-5-7-21-16/h5-9H,1-4H3,(H,25,28). The van der Waals surface area contributed by atoms with Gasteiger partial charge in [0, 0.05) is 29.8 Å². The van der Waals surface area contributed by atoms with Crippen LogP contribution in [0.3, 0.4) is 0 Å². The van der Waals surface area contributed by atoms with Gasteiger partial charge in [0.05, 0.1) is 11.4 Å². The van der Waals surface area contributed by atoms with Crippen molar-refractivity contribution >= 4 is 23.1 Å². The van der Waals surface area contributed by atoms with Crippen molar-refractivity contribution in [2.45, 2.75) is 27.7 Å². The Kier molecular flexibility index (Phi) is 4.85. The third-order valence-electron chi connectivity index (χ3n) is 3.99. The molecule has 4 aromatic heterocycles. The van der Waals surface area contributed by atoms with E-state index < -0.39 is 0 Å². The van der Waals surface area contributed by atoms with E-state index in [2.05, 4.69) is 35.3 Å². The van der Waals surface area contributed by atoms with Gasteiger partial charge >= 0.3 is 0 Å². The Morgan fingerprint density at radius 3 is 2.34 bits per heavy atom. The second-order valence-electron chi connectivity index (χ2n) is 6.49. The predicted molar refractivity (Wildman–Crippen MR) is 109 cm³/mol. The number of rotatable bonds is 4. The SMILES string of the molecule is Cc1cc(C)nc(-n2nc(C)cc2NC(=O)c2sc(-c3ncccn3)nc2C)n1. The molecule has 4 heterocycles. The number of hydrogen-bond donors (Lipinski definition) is 1. The van der Waals surface area contributed by atoms with E-state index in [9.17, 15) is 4.79 Å². The summed E-state index contributed by atoms with van der Waals surface area (Å²) in [7, 11) is 0. The monoisotopic (exact) mass is 406 g/mol. The maximum Gasteiger partial charge on any atom is 0.268 e. The van der Waals surface area contributed by atoms with Crippen LogP contribution in [0.15, 0.2) is 30.6 Å². The van der Waals surface area contributed by atoms with Crippen LogP contribution in [-0.2, 0) is 0 Å². The summed E-state index contributed by atoms with van der Waals surface area (Å²) in [6.07, 6.45) is 3.29. The molecule has 0 aliphatic carbocycles. The van der Waals surface area contributed by atoms with Gasteiger partial charge in [0.2, 0.25) is 0 Å². The second-order valence-corrected chi connectivity index (χ2v) is 7.49. The highest BCUT2D eigenvalue weighted by atomic mass is 32.1. The lowest BCUT2D eigenvalue weighted by Gasteiger charge is -2.08. The number of thiazole rings is 1. The minimum absolute atomic E-state index is 0.285. The Labute approximate surface area is 170 Å². The lowest BCUT2D eigenvalue weighted by Crippen LogP contribution is -2.16. The molecule has 0 atom stereocenters. The molecule has 146 valence electrons. The van der Waals surface area contributed by atoms with Crippen molar-refractivity contribution in [3.63, 3.8) is 0 Å². The fourth-order valence-electron chi connectivity index (χ4n) is 2.83. The van der Waals surface area contributed by atoms with Gasteiger partial charge in [0.15, 0.2) is 10.8 Å². The molecule has 29 heavy (non-hydrogen) atoms. The topological polar surface area (TPSA) is 111 Å². The predicted octanol–water partition coefficient (Wildman–Crippen LogP) is 3.06. The zero-order valence-electron chi connectivity index (χ0n) is 16.3. The van der Waals surface area contributed by atoms with Crippen molar-refractivity contribution in [2.75, 3.05) is 5.32 Å². The fraction of sp³-hybridized carbons (Fsp3) is 0.211. The first-order valence-electron chi connectivity index (χ1n) is 8.86. The first-order valence-corrected chi connectivity index (χ1v) is 9.68. The average molecular weight is 406 g/mol. The number of nitrogens with one attached hydrogen (secondary N) is 1. The summed E-state index contributed by atoms with van der Waals surface area (Å²) in [6, 6.07) is 5.39. The van der Waals surface area contributed by atoms with Crippen LogP contribution in [0.4, 0.5) is 5.82 Å². The molecule has 9 nitrogen and oxygen atoms in total.